The van der Waals surface area contributed by atoms with Gasteiger partial charge in [0.1, 0.15) is 11.6 Å². The van der Waals surface area contributed by atoms with Crippen LogP contribution in [0.5, 0.6) is 0 Å². The lowest BCUT2D eigenvalue weighted by Gasteiger charge is -2.43. The molecule has 1 aliphatic rings. The number of hydrogen-bond donors (Lipinski definition) is 1. The van der Waals surface area contributed by atoms with E-state index in [0.29, 0.717) is 6.61 Å². The van der Waals surface area contributed by atoms with E-state index in [1.165, 1.54) is 0 Å². The molecule has 0 unspecified atom stereocenters. The maximum Gasteiger partial charge on any atom is 0.163 e. The summed E-state index contributed by atoms with van der Waals surface area (Å²) >= 11 is 0. The molecule has 1 N–H and O–H groups in total. The van der Waals surface area contributed by atoms with E-state index in [0.717, 1.165) is 12.0 Å². The second-order valence-corrected chi connectivity index (χ2v) is 6.21. The van der Waals surface area contributed by atoms with Crippen LogP contribution in [0.15, 0.2) is 30.3 Å². The van der Waals surface area contributed by atoms with Crippen molar-refractivity contribution in [3.05, 3.63) is 35.9 Å². The molecule has 1 aliphatic heterocycles. The molecule has 4 nitrogen and oxygen atoms in total. The summed E-state index contributed by atoms with van der Waals surface area (Å²) in [4.78, 5) is 0. The zero-order chi connectivity index (χ0) is 15.5. The highest BCUT2D eigenvalue weighted by molar-refractivity contribution is 5.21. The lowest BCUT2D eigenvalue weighted by molar-refractivity contribution is -0.286. The Labute approximate surface area is 127 Å². The molecule has 0 amide bonds. The van der Waals surface area contributed by atoms with Gasteiger partial charge in [-0.1, -0.05) is 37.3 Å². The van der Waals surface area contributed by atoms with E-state index in [1.807, 2.05) is 45.9 Å². The highest BCUT2D eigenvalue weighted by Crippen LogP contribution is 2.33. The van der Waals surface area contributed by atoms with Crippen LogP contribution in [-0.4, -0.2) is 24.0 Å². The number of hydrogen-bond acceptors (Lipinski definition) is 4. The van der Waals surface area contributed by atoms with Crippen LogP contribution < -0.4 is 5.32 Å². The summed E-state index contributed by atoms with van der Waals surface area (Å²) in [5, 5.41) is 12.8. The van der Waals surface area contributed by atoms with Gasteiger partial charge >= 0.3 is 0 Å². The predicted octanol–water partition coefficient (Wildman–Crippen LogP) is 3.16. The average Bonchev–Trinajstić information content (AvgIpc) is 2.49. The van der Waals surface area contributed by atoms with E-state index in [1.54, 1.807) is 0 Å². The smallest absolute Gasteiger partial charge is 0.163 e. The van der Waals surface area contributed by atoms with Gasteiger partial charge in [-0.2, -0.15) is 5.26 Å². The lowest BCUT2D eigenvalue weighted by atomic mass is 9.95. The first-order valence-corrected chi connectivity index (χ1v) is 7.45. The van der Waals surface area contributed by atoms with Crippen molar-refractivity contribution in [2.45, 2.75) is 57.6 Å². The van der Waals surface area contributed by atoms with Crippen molar-refractivity contribution in [3.63, 3.8) is 0 Å². The van der Waals surface area contributed by atoms with Crippen LogP contribution in [0.25, 0.3) is 0 Å². The zero-order valence-electron chi connectivity index (χ0n) is 13.2. The standard InChI is InChI=1S/C17H24N2O2/c1-5-17(4,12-18)19-14-11-20-16(2,3)21-15(14)13-9-7-6-8-10-13/h6-10,14-15,19H,5,11H2,1-4H3/t14-,15-,17+/m0/s1. The normalized spacial score (nSPS) is 27.6. The Bertz CT molecular complexity index is 509. The predicted molar refractivity (Wildman–Crippen MR) is 81.5 cm³/mol. The van der Waals surface area contributed by atoms with Crippen LogP contribution in [-0.2, 0) is 9.47 Å². The number of rotatable bonds is 4. The molecule has 1 heterocycles. The van der Waals surface area contributed by atoms with E-state index in [-0.39, 0.29) is 12.1 Å². The van der Waals surface area contributed by atoms with E-state index < -0.39 is 11.3 Å². The van der Waals surface area contributed by atoms with Crippen molar-refractivity contribution in [2.24, 2.45) is 0 Å². The molecule has 0 saturated carbocycles. The Balaban J connectivity index is 2.24. The number of nitrogens with zero attached hydrogens (tertiary/aromatic N) is 1. The van der Waals surface area contributed by atoms with E-state index in [9.17, 15) is 5.26 Å². The third kappa shape index (κ3) is 3.82. The van der Waals surface area contributed by atoms with Gasteiger partial charge in [-0.15, -0.1) is 0 Å². The van der Waals surface area contributed by atoms with Gasteiger partial charge in [0.05, 0.1) is 18.7 Å². The first-order chi connectivity index (χ1) is 9.89. The molecule has 0 aromatic heterocycles. The summed E-state index contributed by atoms with van der Waals surface area (Å²) in [7, 11) is 0. The fraction of sp³-hybridized carbons (Fsp3) is 0.588. The summed E-state index contributed by atoms with van der Waals surface area (Å²) in [5.74, 6) is -0.617. The molecule has 21 heavy (non-hydrogen) atoms. The van der Waals surface area contributed by atoms with Crippen molar-refractivity contribution in [1.82, 2.24) is 5.32 Å². The van der Waals surface area contributed by atoms with Crippen molar-refractivity contribution in [2.75, 3.05) is 6.61 Å². The molecule has 1 fully saturated rings. The Kier molecular flexibility index (Phi) is 4.67. The summed E-state index contributed by atoms with van der Waals surface area (Å²) in [6, 6.07) is 12.4. The van der Waals surface area contributed by atoms with Crippen molar-refractivity contribution < 1.29 is 9.47 Å². The van der Waals surface area contributed by atoms with Crippen molar-refractivity contribution in [1.29, 1.82) is 5.26 Å². The maximum absolute atomic E-state index is 9.38. The fourth-order valence-electron chi connectivity index (χ4n) is 2.48. The van der Waals surface area contributed by atoms with Gasteiger partial charge in [0, 0.05) is 0 Å². The minimum atomic E-state index is -0.617. The first kappa shape index (κ1) is 16.0. The highest BCUT2D eigenvalue weighted by Gasteiger charge is 2.40. The van der Waals surface area contributed by atoms with E-state index in [2.05, 4.69) is 23.5 Å². The monoisotopic (exact) mass is 288 g/mol. The van der Waals surface area contributed by atoms with Gasteiger partial charge in [-0.25, -0.2) is 0 Å². The largest absolute Gasteiger partial charge is 0.349 e. The van der Waals surface area contributed by atoms with Crippen molar-refractivity contribution >= 4 is 0 Å². The summed E-state index contributed by atoms with van der Waals surface area (Å²) in [6.07, 6.45) is 0.597. The second kappa shape index (κ2) is 6.15. The molecule has 1 saturated heterocycles. The van der Waals surface area contributed by atoms with Gasteiger partial charge in [0.25, 0.3) is 0 Å². The molecule has 0 bridgehead atoms. The van der Waals surface area contributed by atoms with Gasteiger partial charge in [0.2, 0.25) is 0 Å². The average molecular weight is 288 g/mol. The minimum Gasteiger partial charge on any atom is -0.349 e. The van der Waals surface area contributed by atoms with E-state index >= 15 is 0 Å². The molecule has 4 heteroatoms. The van der Waals surface area contributed by atoms with Crippen LogP contribution in [0.4, 0.5) is 0 Å². The molecule has 3 atom stereocenters. The van der Waals surface area contributed by atoms with Gasteiger partial charge < -0.3 is 9.47 Å². The number of nitrogens with one attached hydrogen (secondary N) is 1. The van der Waals surface area contributed by atoms with Crippen LogP contribution in [0, 0.1) is 11.3 Å². The first-order valence-electron chi connectivity index (χ1n) is 7.45. The van der Waals surface area contributed by atoms with E-state index in [4.69, 9.17) is 9.47 Å². The molecule has 1 aromatic rings. The Morgan fingerprint density at radius 1 is 1.38 bits per heavy atom. The maximum atomic E-state index is 9.38. The molecular formula is C17H24N2O2. The topological polar surface area (TPSA) is 54.3 Å². The molecule has 1 aromatic carbocycles. The SMILES string of the molecule is CC[C@](C)(C#N)N[C@H]1COC(C)(C)O[C@H]1c1ccccc1. The highest BCUT2D eigenvalue weighted by atomic mass is 16.7. The fourth-order valence-corrected chi connectivity index (χ4v) is 2.48. The number of benzene rings is 1. The minimum absolute atomic E-state index is 0.0509. The Hall–Kier alpha value is -1.41. The Morgan fingerprint density at radius 2 is 2.05 bits per heavy atom. The lowest BCUT2D eigenvalue weighted by Crippen LogP contribution is -2.56. The molecule has 114 valence electrons. The second-order valence-electron chi connectivity index (χ2n) is 6.21. The third-order valence-electron chi connectivity index (χ3n) is 3.97. The molecule has 2 rings (SSSR count). The number of ether oxygens (including phenoxy) is 2. The molecule has 0 radical (unpaired) electrons. The summed E-state index contributed by atoms with van der Waals surface area (Å²) in [5.41, 5.74) is 0.522. The molecular weight excluding hydrogens is 264 g/mol. The summed E-state index contributed by atoms with van der Waals surface area (Å²) in [6.45, 7) is 8.27. The quantitative estimate of drug-likeness (QED) is 0.924. The number of nitriles is 1. The van der Waals surface area contributed by atoms with Gasteiger partial charge in [-0.3, -0.25) is 5.32 Å². The Morgan fingerprint density at radius 3 is 2.62 bits per heavy atom. The van der Waals surface area contributed by atoms with Crippen molar-refractivity contribution in [3.8, 4) is 6.07 Å². The van der Waals surface area contributed by atoms with Gasteiger partial charge in [0.15, 0.2) is 5.79 Å². The zero-order valence-corrected chi connectivity index (χ0v) is 13.2. The third-order valence-corrected chi connectivity index (χ3v) is 3.97. The van der Waals surface area contributed by atoms with Crippen LogP contribution in [0.2, 0.25) is 0 Å². The van der Waals surface area contributed by atoms with Gasteiger partial charge in [-0.05, 0) is 32.8 Å². The summed E-state index contributed by atoms with van der Waals surface area (Å²) < 4.78 is 11.9. The van der Waals surface area contributed by atoms with Crippen LogP contribution >= 0.6 is 0 Å². The molecule has 0 aliphatic carbocycles. The molecule has 0 spiro atoms. The van der Waals surface area contributed by atoms with Crippen LogP contribution in [0.3, 0.4) is 0 Å². The van der Waals surface area contributed by atoms with Crippen LogP contribution in [0.1, 0.15) is 45.8 Å².